The number of carbonyl (C=O) groups excluding carboxylic acids is 1. The van der Waals surface area contributed by atoms with E-state index in [1.807, 2.05) is 23.1 Å². The first-order valence-electron chi connectivity index (χ1n) is 7.86. The van der Waals surface area contributed by atoms with Gasteiger partial charge in [0.05, 0.1) is 5.92 Å². The zero-order valence-corrected chi connectivity index (χ0v) is 14.3. The summed E-state index contributed by atoms with van der Waals surface area (Å²) in [6.07, 6.45) is 3.33. The number of hydrogen-bond acceptors (Lipinski definition) is 4. The first-order chi connectivity index (χ1) is 10.2. The van der Waals surface area contributed by atoms with Crippen LogP contribution in [0.2, 0.25) is 0 Å². The number of likely N-dealkylation sites (tertiary alicyclic amines) is 1. The zero-order chi connectivity index (χ0) is 14.7. The van der Waals surface area contributed by atoms with E-state index in [9.17, 15) is 4.79 Å². The highest BCUT2D eigenvalue weighted by molar-refractivity contribution is 7.99. The minimum atomic E-state index is 0.229. The molecule has 0 radical (unpaired) electrons. The van der Waals surface area contributed by atoms with Crippen molar-refractivity contribution in [1.82, 2.24) is 9.80 Å². The fraction of sp³-hybridized carbons (Fsp3) is 0.688. The van der Waals surface area contributed by atoms with Gasteiger partial charge in [-0.1, -0.05) is 6.07 Å². The molecule has 1 aromatic heterocycles. The summed E-state index contributed by atoms with van der Waals surface area (Å²) >= 11 is 3.86. The summed E-state index contributed by atoms with van der Waals surface area (Å²) in [6.45, 7) is 3.93. The Bertz CT molecular complexity index is 463. The molecule has 0 aliphatic carbocycles. The van der Waals surface area contributed by atoms with E-state index in [2.05, 4.69) is 34.4 Å². The average molecular weight is 325 g/mol. The van der Waals surface area contributed by atoms with E-state index in [0.717, 1.165) is 51.2 Å². The molecule has 1 aromatic rings. The predicted molar refractivity (Wildman–Crippen MR) is 90.9 cm³/mol. The summed E-state index contributed by atoms with van der Waals surface area (Å²) in [7, 11) is 2.13. The van der Waals surface area contributed by atoms with Crippen molar-refractivity contribution in [3.63, 3.8) is 0 Å². The van der Waals surface area contributed by atoms with E-state index >= 15 is 0 Å². The molecule has 2 unspecified atom stereocenters. The third-order valence-electron chi connectivity index (χ3n) is 4.49. The van der Waals surface area contributed by atoms with Gasteiger partial charge < -0.3 is 9.80 Å². The van der Waals surface area contributed by atoms with Gasteiger partial charge in [0.25, 0.3) is 0 Å². The molecule has 21 heavy (non-hydrogen) atoms. The zero-order valence-electron chi connectivity index (χ0n) is 12.7. The number of rotatable bonds is 2. The fourth-order valence-corrected chi connectivity index (χ4v) is 5.56. The molecule has 2 saturated heterocycles. The van der Waals surface area contributed by atoms with Gasteiger partial charge >= 0.3 is 0 Å². The number of piperidine rings is 1. The molecule has 2 aliphatic heterocycles. The molecule has 0 saturated carbocycles. The smallest absolute Gasteiger partial charge is 0.227 e. The van der Waals surface area contributed by atoms with E-state index in [-0.39, 0.29) is 5.92 Å². The molecule has 2 aliphatic rings. The van der Waals surface area contributed by atoms with Gasteiger partial charge in [0, 0.05) is 35.5 Å². The monoisotopic (exact) mass is 324 g/mol. The lowest BCUT2D eigenvalue weighted by atomic mass is 9.97. The Morgan fingerprint density at radius 1 is 1.29 bits per heavy atom. The second kappa shape index (κ2) is 7.16. The van der Waals surface area contributed by atoms with Crippen molar-refractivity contribution in [2.24, 2.45) is 5.92 Å². The molecule has 3 rings (SSSR count). The molecular formula is C16H24N2OS2. The SMILES string of the molecule is CN1CCCC(C(=O)N2CCSC(c3cccs3)CC2)C1. The summed E-state index contributed by atoms with van der Waals surface area (Å²) in [5.74, 6) is 1.69. The highest BCUT2D eigenvalue weighted by atomic mass is 32.2. The van der Waals surface area contributed by atoms with Crippen LogP contribution < -0.4 is 0 Å². The highest BCUT2D eigenvalue weighted by Gasteiger charge is 2.29. The lowest BCUT2D eigenvalue weighted by molar-refractivity contribution is -0.136. The predicted octanol–water partition coefficient (Wildman–Crippen LogP) is 3.10. The maximum Gasteiger partial charge on any atom is 0.227 e. The van der Waals surface area contributed by atoms with E-state index < -0.39 is 0 Å². The van der Waals surface area contributed by atoms with Crippen LogP contribution >= 0.6 is 23.1 Å². The van der Waals surface area contributed by atoms with Gasteiger partial charge in [-0.05, 0) is 44.3 Å². The second-order valence-corrected chi connectivity index (χ2v) is 8.38. The van der Waals surface area contributed by atoms with E-state index in [1.54, 1.807) is 0 Å². The maximum atomic E-state index is 12.7. The van der Waals surface area contributed by atoms with Crippen molar-refractivity contribution in [2.45, 2.75) is 24.5 Å². The van der Waals surface area contributed by atoms with Crippen LogP contribution in [0.25, 0.3) is 0 Å². The van der Waals surface area contributed by atoms with Gasteiger partial charge in [-0.2, -0.15) is 11.8 Å². The Labute approximate surface area is 135 Å². The van der Waals surface area contributed by atoms with Crippen molar-refractivity contribution in [3.8, 4) is 0 Å². The lowest BCUT2D eigenvalue weighted by Crippen LogP contribution is -2.44. The Hall–Kier alpha value is -0.520. The highest BCUT2D eigenvalue weighted by Crippen LogP contribution is 2.37. The van der Waals surface area contributed by atoms with Crippen LogP contribution in [0, 0.1) is 5.92 Å². The van der Waals surface area contributed by atoms with Crippen LogP contribution in [0.3, 0.4) is 0 Å². The molecule has 2 atom stereocenters. The Morgan fingerprint density at radius 3 is 2.95 bits per heavy atom. The van der Waals surface area contributed by atoms with Crippen LogP contribution in [-0.4, -0.2) is 54.7 Å². The van der Waals surface area contributed by atoms with E-state index in [1.165, 1.54) is 4.88 Å². The number of thiophene rings is 1. The van der Waals surface area contributed by atoms with Crippen LogP contribution in [0.5, 0.6) is 0 Å². The molecule has 0 bridgehead atoms. The van der Waals surface area contributed by atoms with Crippen LogP contribution in [0.15, 0.2) is 17.5 Å². The number of carbonyl (C=O) groups is 1. The van der Waals surface area contributed by atoms with Crippen LogP contribution in [0.4, 0.5) is 0 Å². The first kappa shape index (κ1) is 15.4. The van der Waals surface area contributed by atoms with Crippen LogP contribution in [0.1, 0.15) is 29.4 Å². The van der Waals surface area contributed by atoms with Crippen LogP contribution in [-0.2, 0) is 4.79 Å². The largest absolute Gasteiger partial charge is 0.342 e. The van der Waals surface area contributed by atoms with Gasteiger partial charge in [-0.15, -0.1) is 11.3 Å². The summed E-state index contributed by atoms with van der Waals surface area (Å²) in [5.41, 5.74) is 0. The van der Waals surface area contributed by atoms with Gasteiger partial charge in [0.15, 0.2) is 0 Å². The van der Waals surface area contributed by atoms with Crippen molar-refractivity contribution < 1.29 is 4.79 Å². The fourth-order valence-electron chi connectivity index (χ4n) is 3.32. The molecule has 5 heteroatoms. The minimum Gasteiger partial charge on any atom is -0.342 e. The van der Waals surface area contributed by atoms with Crippen molar-refractivity contribution in [3.05, 3.63) is 22.4 Å². The number of nitrogens with zero attached hydrogens (tertiary/aromatic N) is 2. The molecular weight excluding hydrogens is 300 g/mol. The van der Waals surface area contributed by atoms with Gasteiger partial charge in [0.1, 0.15) is 0 Å². The van der Waals surface area contributed by atoms with Gasteiger partial charge in [-0.3, -0.25) is 4.79 Å². The van der Waals surface area contributed by atoms with Gasteiger partial charge in [0.2, 0.25) is 5.91 Å². The summed E-state index contributed by atoms with van der Waals surface area (Å²) in [5, 5.41) is 2.73. The quantitative estimate of drug-likeness (QED) is 0.835. The Balaban J connectivity index is 1.58. The Kier molecular flexibility index (Phi) is 5.24. The molecule has 0 N–H and O–H groups in total. The van der Waals surface area contributed by atoms with E-state index in [4.69, 9.17) is 0 Å². The molecule has 2 fully saturated rings. The summed E-state index contributed by atoms with van der Waals surface area (Å²) < 4.78 is 0. The first-order valence-corrected chi connectivity index (χ1v) is 9.79. The third kappa shape index (κ3) is 3.82. The topological polar surface area (TPSA) is 23.6 Å². The minimum absolute atomic E-state index is 0.229. The van der Waals surface area contributed by atoms with Crippen molar-refractivity contribution >= 4 is 29.0 Å². The third-order valence-corrected chi connectivity index (χ3v) is 6.93. The molecule has 3 nitrogen and oxygen atoms in total. The Morgan fingerprint density at radius 2 is 2.19 bits per heavy atom. The van der Waals surface area contributed by atoms with Crippen molar-refractivity contribution in [1.29, 1.82) is 0 Å². The standard InChI is InChI=1S/C16H24N2OS2/c1-17-7-2-4-13(12-17)16(19)18-8-6-15(21-11-9-18)14-5-3-10-20-14/h3,5,10,13,15H,2,4,6-9,11-12H2,1H3. The number of thioether (sulfide) groups is 1. The maximum absolute atomic E-state index is 12.7. The van der Waals surface area contributed by atoms with Gasteiger partial charge in [-0.25, -0.2) is 0 Å². The summed E-state index contributed by atoms with van der Waals surface area (Å²) in [6, 6.07) is 4.36. The second-order valence-electron chi connectivity index (χ2n) is 6.09. The lowest BCUT2D eigenvalue weighted by Gasteiger charge is -2.32. The molecule has 0 aromatic carbocycles. The molecule has 3 heterocycles. The number of amides is 1. The van der Waals surface area contributed by atoms with E-state index in [0.29, 0.717) is 11.2 Å². The molecule has 116 valence electrons. The van der Waals surface area contributed by atoms with Crippen molar-refractivity contribution in [2.75, 3.05) is 39.0 Å². The normalized spacial score (nSPS) is 28.3. The summed E-state index contributed by atoms with van der Waals surface area (Å²) in [4.78, 5) is 18.6. The molecule has 0 spiro atoms. The number of hydrogen-bond donors (Lipinski definition) is 0. The molecule has 1 amide bonds. The average Bonchev–Trinajstić information content (AvgIpc) is 2.91.